The summed E-state index contributed by atoms with van der Waals surface area (Å²) in [4.78, 5) is 8.79. The predicted molar refractivity (Wildman–Crippen MR) is 83.6 cm³/mol. The number of nitrogens with one attached hydrogen (secondary N) is 1. The second-order valence-corrected chi connectivity index (χ2v) is 5.49. The Kier molecular flexibility index (Phi) is 4.68. The largest absolute Gasteiger partial charge is 0.370 e. The van der Waals surface area contributed by atoms with E-state index in [-0.39, 0.29) is 6.10 Å². The number of hydrogen-bond acceptors (Lipinski definition) is 4. The van der Waals surface area contributed by atoms with Crippen LogP contribution in [-0.2, 0) is 11.2 Å². The van der Waals surface area contributed by atoms with Crippen molar-refractivity contribution in [3.8, 4) is 0 Å². The van der Waals surface area contributed by atoms with Crippen LogP contribution in [0.25, 0.3) is 0 Å². The number of halogens is 1. The van der Waals surface area contributed by atoms with Crippen molar-refractivity contribution in [2.75, 3.05) is 18.5 Å². The molecule has 2 aromatic rings. The quantitative estimate of drug-likeness (QED) is 0.857. The molecule has 21 heavy (non-hydrogen) atoms. The van der Waals surface area contributed by atoms with Crippen molar-refractivity contribution < 1.29 is 4.74 Å². The molecule has 1 aliphatic rings. The van der Waals surface area contributed by atoms with Gasteiger partial charge < -0.3 is 10.1 Å². The van der Waals surface area contributed by atoms with Crippen LogP contribution in [0.5, 0.6) is 0 Å². The summed E-state index contributed by atoms with van der Waals surface area (Å²) in [5, 5.41) is 3.76. The standard InChI is InChI=1S/C16H18ClN3O/c17-14-11-15(18-9-8-12-5-2-1-3-6-12)20-16(19-14)13-7-4-10-21-13/h1-3,5-6,11,13H,4,7-10H2,(H,18,19,20). The van der Waals surface area contributed by atoms with Gasteiger partial charge >= 0.3 is 0 Å². The van der Waals surface area contributed by atoms with Crippen molar-refractivity contribution in [1.82, 2.24) is 9.97 Å². The Hall–Kier alpha value is -1.65. The van der Waals surface area contributed by atoms with Crippen LogP contribution in [0.4, 0.5) is 5.82 Å². The van der Waals surface area contributed by atoms with E-state index in [4.69, 9.17) is 16.3 Å². The van der Waals surface area contributed by atoms with Gasteiger partial charge in [0.25, 0.3) is 0 Å². The molecule has 1 fully saturated rings. The minimum Gasteiger partial charge on any atom is -0.370 e. The lowest BCUT2D eigenvalue weighted by molar-refractivity contribution is 0.105. The summed E-state index contributed by atoms with van der Waals surface area (Å²) < 4.78 is 5.61. The van der Waals surface area contributed by atoms with Crippen LogP contribution in [0, 0.1) is 0 Å². The Balaban J connectivity index is 1.62. The fourth-order valence-electron chi connectivity index (χ4n) is 2.43. The summed E-state index contributed by atoms with van der Waals surface area (Å²) in [5.74, 6) is 1.44. The Labute approximate surface area is 129 Å². The minimum atomic E-state index is -0.0154. The summed E-state index contributed by atoms with van der Waals surface area (Å²) in [6, 6.07) is 12.1. The number of aromatic nitrogens is 2. The molecule has 1 saturated heterocycles. The predicted octanol–water partition coefficient (Wildman–Crippen LogP) is 3.64. The van der Waals surface area contributed by atoms with E-state index in [1.807, 2.05) is 18.2 Å². The zero-order valence-electron chi connectivity index (χ0n) is 11.8. The van der Waals surface area contributed by atoms with Gasteiger partial charge in [-0.05, 0) is 24.8 Å². The lowest BCUT2D eigenvalue weighted by atomic mass is 10.1. The Morgan fingerprint density at radius 3 is 2.86 bits per heavy atom. The fraction of sp³-hybridized carbons (Fsp3) is 0.375. The van der Waals surface area contributed by atoms with Crippen LogP contribution in [0.1, 0.15) is 30.3 Å². The average Bonchev–Trinajstić information content (AvgIpc) is 3.02. The first-order valence-electron chi connectivity index (χ1n) is 7.25. The summed E-state index contributed by atoms with van der Waals surface area (Å²) in [5.41, 5.74) is 1.30. The second-order valence-electron chi connectivity index (χ2n) is 5.10. The molecule has 0 aliphatic carbocycles. The van der Waals surface area contributed by atoms with E-state index in [1.165, 1.54) is 5.56 Å². The molecule has 1 atom stereocenters. The molecule has 0 saturated carbocycles. The normalized spacial score (nSPS) is 17.9. The van der Waals surface area contributed by atoms with E-state index in [2.05, 4.69) is 27.4 Å². The third-order valence-corrected chi connectivity index (χ3v) is 3.69. The molecule has 1 aromatic carbocycles. The lowest BCUT2D eigenvalue weighted by Crippen LogP contribution is -2.10. The van der Waals surface area contributed by atoms with E-state index in [0.29, 0.717) is 11.0 Å². The molecule has 3 rings (SSSR count). The highest BCUT2D eigenvalue weighted by Crippen LogP contribution is 2.27. The molecular weight excluding hydrogens is 286 g/mol. The first kappa shape index (κ1) is 14.3. The molecule has 110 valence electrons. The summed E-state index contributed by atoms with van der Waals surface area (Å²) in [6.07, 6.45) is 2.94. The van der Waals surface area contributed by atoms with Crippen LogP contribution in [0.3, 0.4) is 0 Å². The molecule has 1 N–H and O–H groups in total. The van der Waals surface area contributed by atoms with Gasteiger partial charge in [0.05, 0.1) is 0 Å². The molecule has 1 aliphatic heterocycles. The number of benzene rings is 1. The first-order chi connectivity index (χ1) is 10.3. The summed E-state index contributed by atoms with van der Waals surface area (Å²) in [7, 11) is 0. The molecule has 1 unspecified atom stereocenters. The number of nitrogens with zero attached hydrogens (tertiary/aromatic N) is 2. The Morgan fingerprint density at radius 2 is 2.10 bits per heavy atom. The molecule has 0 bridgehead atoms. The molecule has 2 heterocycles. The van der Waals surface area contributed by atoms with E-state index >= 15 is 0 Å². The smallest absolute Gasteiger partial charge is 0.161 e. The third-order valence-electron chi connectivity index (χ3n) is 3.49. The van der Waals surface area contributed by atoms with Gasteiger partial charge in [-0.25, -0.2) is 9.97 Å². The van der Waals surface area contributed by atoms with Gasteiger partial charge in [-0.2, -0.15) is 0 Å². The van der Waals surface area contributed by atoms with E-state index in [0.717, 1.165) is 38.2 Å². The van der Waals surface area contributed by atoms with Crippen molar-refractivity contribution in [2.45, 2.75) is 25.4 Å². The van der Waals surface area contributed by atoms with Crippen LogP contribution in [-0.4, -0.2) is 23.1 Å². The van der Waals surface area contributed by atoms with Gasteiger partial charge in [0, 0.05) is 19.2 Å². The average molecular weight is 304 g/mol. The van der Waals surface area contributed by atoms with Crippen LogP contribution in [0.2, 0.25) is 5.15 Å². The monoisotopic (exact) mass is 303 g/mol. The minimum absolute atomic E-state index is 0.0154. The van der Waals surface area contributed by atoms with E-state index in [1.54, 1.807) is 6.07 Å². The van der Waals surface area contributed by atoms with Crippen molar-refractivity contribution >= 4 is 17.4 Å². The number of anilines is 1. The first-order valence-corrected chi connectivity index (χ1v) is 7.63. The van der Waals surface area contributed by atoms with Crippen molar-refractivity contribution in [1.29, 1.82) is 0 Å². The van der Waals surface area contributed by atoms with Gasteiger partial charge in [0.1, 0.15) is 17.1 Å². The highest BCUT2D eigenvalue weighted by atomic mass is 35.5. The van der Waals surface area contributed by atoms with Gasteiger partial charge in [-0.1, -0.05) is 41.9 Å². The molecule has 1 aromatic heterocycles. The van der Waals surface area contributed by atoms with Gasteiger partial charge in [-0.3, -0.25) is 0 Å². The van der Waals surface area contributed by atoms with Crippen LogP contribution < -0.4 is 5.32 Å². The Bertz CT molecular complexity index is 585. The summed E-state index contributed by atoms with van der Waals surface area (Å²) in [6.45, 7) is 1.58. The van der Waals surface area contributed by atoms with Gasteiger partial charge in [-0.15, -0.1) is 0 Å². The van der Waals surface area contributed by atoms with Crippen LogP contribution >= 0.6 is 11.6 Å². The van der Waals surface area contributed by atoms with Crippen LogP contribution in [0.15, 0.2) is 36.4 Å². The maximum absolute atomic E-state index is 6.08. The zero-order valence-corrected chi connectivity index (χ0v) is 12.5. The summed E-state index contributed by atoms with van der Waals surface area (Å²) >= 11 is 6.08. The number of ether oxygens (including phenoxy) is 1. The van der Waals surface area contributed by atoms with Crippen molar-refractivity contribution in [2.24, 2.45) is 0 Å². The molecule has 5 heteroatoms. The highest BCUT2D eigenvalue weighted by molar-refractivity contribution is 6.29. The molecular formula is C16H18ClN3O. The van der Waals surface area contributed by atoms with E-state index < -0.39 is 0 Å². The van der Waals surface area contributed by atoms with Crippen molar-refractivity contribution in [3.05, 3.63) is 52.9 Å². The molecule has 4 nitrogen and oxygen atoms in total. The van der Waals surface area contributed by atoms with Crippen molar-refractivity contribution in [3.63, 3.8) is 0 Å². The maximum atomic E-state index is 6.08. The van der Waals surface area contributed by atoms with Gasteiger partial charge in [0.2, 0.25) is 0 Å². The maximum Gasteiger partial charge on any atom is 0.161 e. The second kappa shape index (κ2) is 6.87. The molecule has 0 amide bonds. The third kappa shape index (κ3) is 3.93. The lowest BCUT2D eigenvalue weighted by Gasteiger charge is -2.11. The number of rotatable bonds is 5. The molecule has 0 spiro atoms. The highest BCUT2D eigenvalue weighted by Gasteiger charge is 2.21. The fourth-order valence-corrected chi connectivity index (χ4v) is 2.62. The van der Waals surface area contributed by atoms with Gasteiger partial charge in [0.15, 0.2) is 5.82 Å². The zero-order chi connectivity index (χ0) is 14.5. The SMILES string of the molecule is Clc1cc(NCCc2ccccc2)nc(C2CCCO2)n1. The topological polar surface area (TPSA) is 47.0 Å². The van der Waals surface area contributed by atoms with E-state index in [9.17, 15) is 0 Å². The molecule has 0 radical (unpaired) electrons. The Morgan fingerprint density at radius 1 is 1.24 bits per heavy atom. The number of hydrogen-bond donors (Lipinski definition) is 1.